The van der Waals surface area contributed by atoms with Crippen LogP contribution in [0.15, 0.2) is 73.1 Å². The Morgan fingerprint density at radius 3 is 1.97 bits per heavy atom. The van der Waals surface area contributed by atoms with Crippen LogP contribution in [-0.4, -0.2) is 40.4 Å². The molecule has 1 aromatic heterocycles. The van der Waals surface area contributed by atoms with Crippen LogP contribution in [0, 0.1) is 0 Å². The molecule has 0 unspecified atom stereocenters. The maximum Gasteiger partial charge on any atom is 0.416 e. The molecular weight excluding hydrogens is 419 g/mol. The zero-order valence-corrected chi connectivity index (χ0v) is 17.2. The highest BCUT2D eigenvalue weighted by Gasteiger charge is 2.30. The van der Waals surface area contributed by atoms with Gasteiger partial charge in [0.25, 0.3) is 11.8 Å². The average molecular weight is 441 g/mol. The molecule has 3 aromatic rings. The molecule has 5 nitrogen and oxygen atoms in total. The topological polar surface area (TPSA) is 54.3 Å². The van der Waals surface area contributed by atoms with Gasteiger partial charge in [0.05, 0.1) is 5.56 Å². The van der Waals surface area contributed by atoms with E-state index in [1.807, 2.05) is 41.2 Å². The van der Waals surface area contributed by atoms with Crippen LogP contribution in [0.3, 0.4) is 0 Å². The standard InChI is InChI=1S/C24H22F3N3O2/c25-24(26,27)19-7-3-17(4-8-19)22(31)28-20-11-15-30(16-12-20)23(32)18-5-9-21(10-6-18)29-13-1-2-14-29/h1-10,13-14,20H,11-12,15-16H2,(H,28,31). The highest BCUT2D eigenvalue weighted by molar-refractivity contribution is 5.95. The van der Waals surface area contributed by atoms with Crippen LogP contribution in [-0.2, 0) is 6.18 Å². The van der Waals surface area contributed by atoms with E-state index in [0.29, 0.717) is 31.5 Å². The summed E-state index contributed by atoms with van der Waals surface area (Å²) in [6.07, 6.45) is 0.594. The second kappa shape index (κ2) is 8.90. The summed E-state index contributed by atoms with van der Waals surface area (Å²) >= 11 is 0. The predicted octanol–water partition coefficient (Wildman–Crippen LogP) is 4.53. The zero-order valence-electron chi connectivity index (χ0n) is 17.2. The molecule has 0 saturated carbocycles. The molecular formula is C24H22F3N3O2. The maximum absolute atomic E-state index is 12.8. The van der Waals surface area contributed by atoms with E-state index < -0.39 is 17.6 Å². The monoisotopic (exact) mass is 441 g/mol. The Kier molecular flexibility index (Phi) is 6.03. The van der Waals surface area contributed by atoms with E-state index in [2.05, 4.69) is 5.32 Å². The third-order valence-corrected chi connectivity index (χ3v) is 5.61. The largest absolute Gasteiger partial charge is 0.416 e. The first-order valence-electron chi connectivity index (χ1n) is 10.3. The lowest BCUT2D eigenvalue weighted by molar-refractivity contribution is -0.137. The summed E-state index contributed by atoms with van der Waals surface area (Å²) in [7, 11) is 0. The first kappa shape index (κ1) is 21.7. The van der Waals surface area contributed by atoms with Crippen molar-refractivity contribution in [3.8, 4) is 5.69 Å². The fourth-order valence-corrected chi connectivity index (χ4v) is 3.77. The summed E-state index contributed by atoms with van der Waals surface area (Å²) in [6.45, 7) is 0.992. The van der Waals surface area contributed by atoms with E-state index >= 15 is 0 Å². The molecule has 0 spiro atoms. The molecule has 32 heavy (non-hydrogen) atoms. The molecule has 8 heteroatoms. The van der Waals surface area contributed by atoms with E-state index in [-0.39, 0.29) is 17.5 Å². The third kappa shape index (κ3) is 4.85. The first-order chi connectivity index (χ1) is 15.3. The summed E-state index contributed by atoms with van der Waals surface area (Å²) in [5.74, 6) is -0.472. The lowest BCUT2D eigenvalue weighted by Gasteiger charge is -2.32. The number of aromatic nitrogens is 1. The SMILES string of the molecule is O=C(NC1CCN(C(=O)c2ccc(-n3cccc3)cc2)CC1)c1ccc(C(F)(F)F)cc1. The van der Waals surface area contributed by atoms with Crippen molar-refractivity contribution < 1.29 is 22.8 Å². The molecule has 2 heterocycles. The number of hydrogen-bond acceptors (Lipinski definition) is 2. The molecule has 1 aliphatic heterocycles. The summed E-state index contributed by atoms with van der Waals surface area (Å²) < 4.78 is 40.0. The number of nitrogens with one attached hydrogen (secondary N) is 1. The van der Waals surface area contributed by atoms with E-state index in [1.165, 1.54) is 12.1 Å². The number of carbonyl (C=O) groups excluding carboxylic acids is 2. The van der Waals surface area contributed by atoms with Crippen LogP contribution in [0.2, 0.25) is 0 Å². The van der Waals surface area contributed by atoms with E-state index in [0.717, 1.165) is 17.8 Å². The van der Waals surface area contributed by atoms with Gasteiger partial charge >= 0.3 is 6.18 Å². The molecule has 1 saturated heterocycles. The lowest BCUT2D eigenvalue weighted by Crippen LogP contribution is -2.46. The number of carbonyl (C=O) groups is 2. The van der Waals surface area contributed by atoms with Gasteiger partial charge in [-0.3, -0.25) is 9.59 Å². The van der Waals surface area contributed by atoms with Crippen molar-refractivity contribution in [1.82, 2.24) is 14.8 Å². The Morgan fingerprint density at radius 2 is 1.41 bits per heavy atom. The molecule has 2 amide bonds. The number of nitrogens with zero attached hydrogens (tertiary/aromatic N) is 2. The van der Waals surface area contributed by atoms with Gasteiger partial charge in [-0.25, -0.2) is 0 Å². The van der Waals surface area contributed by atoms with Crippen molar-refractivity contribution >= 4 is 11.8 Å². The Morgan fingerprint density at radius 1 is 0.844 bits per heavy atom. The van der Waals surface area contributed by atoms with Gasteiger partial charge in [-0.2, -0.15) is 13.2 Å². The Hall–Kier alpha value is -3.55. The molecule has 2 aromatic carbocycles. The Balaban J connectivity index is 1.30. The molecule has 1 N–H and O–H groups in total. The summed E-state index contributed by atoms with van der Waals surface area (Å²) in [4.78, 5) is 26.9. The van der Waals surface area contributed by atoms with Crippen molar-refractivity contribution in [1.29, 1.82) is 0 Å². The van der Waals surface area contributed by atoms with Crippen LogP contribution in [0.4, 0.5) is 13.2 Å². The lowest BCUT2D eigenvalue weighted by atomic mass is 10.0. The number of rotatable bonds is 4. The molecule has 0 bridgehead atoms. The van der Waals surface area contributed by atoms with Crippen molar-refractivity contribution in [2.75, 3.05) is 13.1 Å². The Bertz CT molecular complexity index is 1070. The number of amides is 2. The highest BCUT2D eigenvalue weighted by Crippen LogP contribution is 2.29. The van der Waals surface area contributed by atoms with Crippen molar-refractivity contribution in [2.24, 2.45) is 0 Å². The molecule has 0 radical (unpaired) electrons. The fourth-order valence-electron chi connectivity index (χ4n) is 3.77. The van der Waals surface area contributed by atoms with Gasteiger partial charge in [0.1, 0.15) is 0 Å². The smallest absolute Gasteiger partial charge is 0.349 e. The van der Waals surface area contributed by atoms with Crippen LogP contribution in [0.25, 0.3) is 5.69 Å². The van der Waals surface area contributed by atoms with Crippen LogP contribution in [0.1, 0.15) is 39.1 Å². The summed E-state index contributed by atoms with van der Waals surface area (Å²) in [5.41, 5.74) is 0.964. The van der Waals surface area contributed by atoms with Gasteiger partial charge in [0.15, 0.2) is 0 Å². The number of piperidine rings is 1. The van der Waals surface area contributed by atoms with Crippen molar-refractivity contribution in [2.45, 2.75) is 25.1 Å². The maximum atomic E-state index is 12.8. The van der Waals surface area contributed by atoms with E-state index in [1.54, 1.807) is 17.0 Å². The second-order valence-electron chi connectivity index (χ2n) is 7.75. The van der Waals surface area contributed by atoms with E-state index in [4.69, 9.17) is 0 Å². The van der Waals surface area contributed by atoms with E-state index in [9.17, 15) is 22.8 Å². The van der Waals surface area contributed by atoms with Gasteiger partial charge in [0, 0.05) is 48.3 Å². The zero-order chi connectivity index (χ0) is 22.7. The Labute approximate surface area is 183 Å². The second-order valence-corrected chi connectivity index (χ2v) is 7.75. The first-order valence-corrected chi connectivity index (χ1v) is 10.3. The third-order valence-electron chi connectivity index (χ3n) is 5.61. The van der Waals surface area contributed by atoms with Crippen LogP contribution in [0.5, 0.6) is 0 Å². The molecule has 166 valence electrons. The highest BCUT2D eigenvalue weighted by atomic mass is 19.4. The molecule has 0 atom stereocenters. The van der Waals surface area contributed by atoms with Gasteiger partial charge in [0.2, 0.25) is 0 Å². The molecule has 1 aliphatic rings. The van der Waals surface area contributed by atoms with Crippen LogP contribution < -0.4 is 5.32 Å². The quantitative estimate of drug-likeness (QED) is 0.647. The van der Waals surface area contributed by atoms with Gasteiger partial charge in [-0.05, 0) is 73.5 Å². The minimum absolute atomic E-state index is 0.0587. The van der Waals surface area contributed by atoms with Gasteiger partial charge < -0.3 is 14.8 Å². The fraction of sp³-hybridized carbons (Fsp3) is 0.250. The van der Waals surface area contributed by atoms with Gasteiger partial charge in [-0.15, -0.1) is 0 Å². The normalized spacial score (nSPS) is 14.9. The summed E-state index contributed by atoms with van der Waals surface area (Å²) in [6, 6.07) is 15.3. The minimum Gasteiger partial charge on any atom is -0.349 e. The number of halogens is 3. The number of benzene rings is 2. The minimum atomic E-state index is -4.43. The van der Waals surface area contributed by atoms with Crippen molar-refractivity contribution in [3.05, 3.63) is 89.7 Å². The summed E-state index contributed by atoms with van der Waals surface area (Å²) in [5, 5.41) is 2.85. The predicted molar refractivity (Wildman–Crippen MR) is 114 cm³/mol. The molecule has 0 aliphatic carbocycles. The number of hydrogen-bond donors (Lipinski definition) is 1. The van der Waals surface area contributed by atoms with Crippen LogP contribution >= 0.6 is 0 Å². The van der Waals surface area contributed by atoms with Crippen molar-refractivity contribution in [3.63, 3.8) is 0 Å². The molecule has 1 fully saturated rings. The number of likely N-dealkylation sites (tertiary alicyclic amines) is 1. The molecule has 4 rings (SSSR count). The van der Waals surface area contributed by atoms with Gasteiger partial charge in [-0.1, -0.05) is 0 Å². The average Bonchev–Trinajstić information content (AvgIpc) is 3.34. The number of alkyl halides is 3.